The van der Waals surface area contributed by atoms with E-state index in [1.165, 1.54) is 5.56 Å². The summed E-state index contributed by atoms with van der Waals surface area (Å²) in [5, 5.41) is 6.81. The zero-order chi connectivity index (χ0) is 22.3. The van der Waals surface area contributed by atoms with Gasteiger partial charge < -0.3 is 4.84 Å². The topological polar surface area (TPSA) is 67.8 Å². The second-order valence-corrected chi connectivity index (χ2v) is 9.83. The van der Waals surface area contributed by atoms with E-state index in [9.17, 15) is 9.59 Å². The molecule has 1 fully saturated rings. The Morgan fingerprint density at radius 1 is 1.16 bits per heavy atom. The number of benzene rings is 2. The summed E-state index contributed by atoms with van der Waals surface area (Å²) in [5.74, 6) is -0.376. The number of halogens is 1. The fourth-order valence-corrected chi connectivity index (χ4v) is 5.02. The van der Waals surface area contributed by atoms with E-state index in [4.69, 9.17) is 16.4 Å². The van der Waals surface area contributed by atoms with Crippen LogP contribution in [-0.4, -0.2) is 24.0 Å². The number of hydrogen-bond acceptors (Lipinski definition) is 5. The molecule has 0 bridgehead atoms. The molecule has 0 spiro atoms. The molecule has 1 saturated heterocycles. The van der Waals surface area contributed by atoms with E-state index in [1.807, 2.05) is 18.2 Å². The highest BCUT2D eigenvalue weighted by atomic mass is 35.5. The molecule has 0 aromatic heterocycles. The van der Waals surface area contributed by atoms with Crippen molar-refractivity contribution in [3.63, 3.8) is 0 Å². The number of amides is 2. The normalized spacial score (nSPS) is 20.2. The lowest BCUT2D eigenvalue weighted by molar-refractivity contribution is -0.115. The average molecular weight is 455 g/mol. The van der Waals surface area contributed by atoms with Gasteiger partial charge in [0.25, 0.3) is 11.1 Å². The molecule has 31 heavy (non-hydrogen) atoms. The van der Waals surface area contributed by atoms with Crippen LogP contribution < -0.4 is 5.32 Å². The molecule has 2 aliphatic rings. The van der Waals surface area contributed by atoms with Crippen LogP contribution in [0, 0.1) is 6.92 Å². The summed E-state index contributed by atoms with van der Waals surface area (Å²) in [5.41, 5.74) is 7.09. The van der Waals surface area contributed by atoms with Crippen molar-refractivity contribution >= 4 is 46.3 Å². The van der Waals surface area contributed by atoms with Crippen LogP contribution in [0.3, 0.4) is 0 Å². The number of aryl methyl sites for hydroxylation is 1. The van der Waals surface area contributed by atoms with E-state index >= 15 is 0 Å². The number of hydrogen-bond donors (Lipinski definition) is 1. The molecule has 2 aromatic carbocycles. The number of nitrogens with one attached hydrogen (secondary N) is 1. The number of carbonyl (C=O) groups excluding carboxylic acids is 2. The van der Waals surface area contributed by atoms with Crippen molar-refractivity contribution < 1.29 is 14.4 Å². The number of rotatable bonds is 3. The molecular formula is C24H23ClN2O3S. The molecule has 160 valence electrons. The first-order chi connectivity index (χ1) is 14.7. The Bertz CT molecular complexity index is 1170. The van der Waals surface area contributed by atoms with Gasteiger partial charge in [-0.1, -0.05) is 42.7 Å². The van der Waals surface area contributed by atoms with Crippen LogP contribution in [0.5, 0.6) is 0 Å². The number of thioether (sulfide) groups is 1. The van der Waals surface area contributed by atoms with Crippen LogP contribution in [0.15, 0.2) is 40.4 Å². The van der Waals surface area contributed by atoms with Gasteiger partial charge in [-0.2, -0.15) is 0 Å². The molecule has 4 rings (SSSR count). The van der Waals surface area contributed by atoms with Crippen molar-refractivity contribution in [3.8, 4) is 11.1 Å². The molecule has 0 radical (unpaired) electrons. The lowest BCUT2D eigenvalue weighted by Gasteiger charge is -2.34. The molecule has 2 aromatic rings. The van der Waals surface area contributed by atoms with Gasteiger partial charge >= 0.3 is 0 Å². The molecule has 1 heterocycles. The fraction of sp³-hybridized carbons (Fsp3) is 0.292. The Hall–Kier alpha value is -2.57. The first kappa shape index (κ1) is 21.7. The van der Waals surface area contributed by atoms with Crippen LogP contribution in [-0.2, 0) is 15.0 Å². The van der Waals surface area contributed by atoms with Crippen LogP contribution in [0.1, 0.15) is 48.9 Å². The minimum absolute atomic E-state index is 0.0427. The summed E-state index contributed by atoms with van der Waals surface area (Å²) >= 11 is 7.49. The zero-order valence-corrected chi connectivity index (χ0v) is 19.4. The minimum Gasteiger partial charge on any atom is -0.399 e. The maximum atomic E-state index is 11.9. The Kier molecular flexibility index (Phi) is 5.71. The number of imide groups is 1. The highest BCUT2D eigenvalue weighted by Gasteiger charge is 2.32. The predicted molar refractivity (Wildman–Crippen MR) is 127 cm³/mol. The maximum absolute atomic E-state index is 11.9. The number of carbonyl (C=O) groups is 2. The third-order valence-corrected chi connectivity index (χ3v) is 6.95. The second-order valence-electron chi connectivity index (χ2n) is 8.41. The van der Waals surface area contributed by atoms with E-state index in [0.717, 1.165) is 58.1 Å². The number of nitrogens with zero attached hydrogens (tertiary/aromatic N) is 1. The van der Waals surface area contributed by atoms with Gasteiger partial charge in [-0.05, 0) is 83.5 Å². The molecule has 5 nitrogen and oxygen atoms in total. The van der Waals surface area contributed by atoms with Crippen molar-refractivity contribution in [1.29, 1.82) is 0 Å². The highest BCUT2D eigenvalue weighted by molar-refractivity contribution is 8.18. The summed E-state index contributed by atoms with van der Waals surface area (Å²) in [6.45, 7) is 6.58. The van der Waals surface area contributed by atoms with Gasteiger partial charge in [0, 0.05) is 16.1 Å². The molecule has 2 amide bonds. The molecule has 0 unspecified atom stereocenters. The van der Waals surface area contributed by atoms with Crippen LogP contribution in [0.25, 0.3) is 17.2 Å². The Balaban J connectivity index is 1.84. The van der Waals surface area contributed by atoms with Crippen LogP contribution in [0.4, 0.5) is 4.79 Å². The molecular weight excluding hydrogens is 432 g/mol. The van der Waals surface area contributed by atoms with E-state index in [2.05, 4.69) is 43.4 Å². The Labute approximate surface area is 190 Å². The van der Waals surface area contributed by atoms with Gasteiger partial charge in [-0.25, -0.2) is 0 Å². The van der Waals surface area contributed by atoms with Gasteiger partial charge in [0.15, 0.2) is 0 Å². The average Bonchev–Trinajstić information content (AvgIpc) is 3.02. The minimum atomic E-state index is -0.376. The summed E-state index contributed by atoms with van der Waals surface area (Å²) in [6, 6.07) is 9.96. The number of fused-ring (bicyclic) bond motifs is 1. The first-order valence-corrected chi connectivity index (χ1v) is 11.2. The lowest BCUT2D eigenvalue weighted by Crippen LogP contribution is -2.28. The third-order valence-electron chi connectivity index (χ3n) is 5.81. The zero-order valence-electron chi connectivity index (χ0n) is 17.8. The standard InChI is InChI=1S/C24H23ClN2O3S/c1-13-9-18-17(20(27-30-4)7-8-24(18,2)3)12-15(13)16-10-14(5-6-19(16)25)11-21-22(28)26-23(29)31-21/h5-6,9-12H,7-8H2,1-4H3,(H,26,28,29)/b21-11-,27-20+. The van der Waals surface area contributed by atoms with E-state index in [-0.39, 0.29) is 16.6 Å². The molecule has 7 heteroatoms. The van der Waals surface area contributed by atoms with E-state index in [0.29, 0.717) is 9.93 Å². The highest BCUT2D eigenvalue weighted by Crippen LogP contribution is 2.42. The smallest absolute Gasteiger partial charge is 0.290 e. The van der Waals surface area contributed by atoms with E-state index in [1.54, 1.807) is 13.2 Å². The monoisotopic (exact) mass is 454 g/mol. The molecule has 1 aliphatic heterocycles. The first-order valence-electron chi connectivity index (χ1n) is 10.00. The van der Waals surface area contributed by atoms with E-state index < -0.39 is 0 Å². The van der Waals surface area contributed by atoms with Gasteiger partial charge in [0.1, 0.15) is 7.11 Å². The van der Waals surface area contributed by atoms with Gasteiger partial charge in [0.2, 0.25) is 0 Å². The molecule has 0 atom stereocenters. The van der Waals surface area contributed by atoms with Crippen molar-refractivity contribution in [2.24, 2.45) is 5.16 Å². The second kappa shape index (κ2) is 8.17. The quantitative estimate of drug-likeness (QED) is 0.452. The summed E-state index contributed by atoms with van der Waals surface area (Å²) in [6.07, 6.45) is 3.55. The summed E-state index contributed by atoms with van der Waals surface area (Å²) in [4.78, 5) is 28.9. The number of oxime groups is 1. The van der Waals surface area contributed by atoms with Crippen molar-refractivity contribution in [2.45, 2.75) is 39.0 Å². The Morgan fingerprint density at radius 2 is 1.94 bits per heavy atom. The van der Waals surface area contributed by atoms with Crippen molar-refractivity contribution in [3.05, 3.63) is 62.5 Å². The molecule has 1 aliphatic carbocycles. The third kappa shape index (κ3) is 4.14. The van der Waals surface area contributed by atoms with Crippen molar-refractivity contribution in [2.75, 3.05) is 7.11 Å². The van der Waals surface area contributed by atoms with Crippen LogP contribution in [0.2, 0.25) is 5.02 Å². The fourth-order valence-electron chi connectivity index (χ4n) is 4.11. The summed E-state index contributed by atoms with van der Waals surface area (Å²) in [7, 11) is 1.57. The van der Waals surface area contributed by atoms with Gasteiger partial charge in [0.05, 0.1) is 10.6 Å². The van der Waals surface area contributed by atoms with Gasteiger partial charge in [-0.15, -0.1) is 0 Å². The molecule has 0 saturated carbocycles. The van der Waals surface area contributed by atoms with Gasteiger partial charge in [-0.3, -0.25) is 14.9 Å². The molecule has 1 N–H and O–H groups in total. The summed E-state index contributed by atoms with van der Waals surface area (Å²) < 4.78 is 0. The van der Waals surface area contributed by atoms with Crippen molar-refractivity contribution in [1.82, 2.24) is 5.32 Å². The maximum Gasteiger partial charge on any atom is 0.290 e. The SMILES string of the molecule is CO/N=C1\CCC(C)(C)c2cc(C)c(-c3cc(/C=C4\SC(=O)NC4=O)ccc3Cl)cc21. The largest absolute Gasteiger partial charge is 0.399 e. The Morgan fingerprint density at radius 3 is 2.61 bits per heavy atom. The predicted octanol–water partition coefficient (Wildman–Crippen LogP) is 6.06. The lowest BCUT2D eigenvalue weighted by atomic mass is 9.71. The van der Waals surface area contributed by atoms with Crippen LogP contribution >= 0.6 is 23.4 Å².